The maximum absolute atomic E-state index is 13.4. The van der Waals surface area contributed by atoms with Crippen LogP contribution in [0.25, 0.3) is 10.2 Å². The van der Waals surface area contributed by atoms with E-state index in [1.54, 1.807) is 30.6 Å². The molecule has 1 saturated heterocycles. The Kier molecular flexibility index (Phi) is 5.87. The predicted molar refractivity (Wildman–Crippen MR) is 124 cm³/mol. The zero-order valence-corrected chi connectivity index (χ0v) is 18.9. The van der Waals surface area contributed by atoms with Crippen LogP contribution in [-0.4, -0.2) is 59.0 Å². The van der Waals surface area contributed by atoms with Crippen molar-refractivity contribution in [2.45, 2.75) is 26.4 Å². The van der Waals surface area contributed by atoms with E-state index in [-0.39, 0.29) is 17.9 Å². The fourth-order valence-electron chi connectivity index (χ4n) is 4.11. The first kappa shape index (κ1) is 21.2. The number of ether oxygens (including phenoxy) is 1. The summed E-state index contributed by atoms with van der Waals surface area (Å²) >= 11 is 1.63. The predicted octanol–water partition coefficient (Wildman–Crippen LogP) is 4.27. The largest absolute Gasteiger partial charge is 0.497 e. The summed E-state index contributed by atoms with van der Waals surface area (Å²) in [5.41, 5.74) is 2.29. The number of nitrogens with zero attached hydrogens (tertiary/aromatic N) is 3. The summed E-state index contributed by atoms with van der Waals surface area (Å²) in [4.78, 5) is 31.2. The SMILES string of the molecule is C=C(C)Cn1c(C(=O)N2CCN(C(=O)c3cccc(OC)c3)C(C)C2)cc2ccsc21. The van der Waals surface area contributed by atoms with Crippen LogP contribution in [0.15, 0.2) is 53.9 Å². The molecule has 0 N–H and O–H groups in total. The second-order valence-electron chi connectivity index (χ2n) is 8.08. The van der Waals surface area contributed by atoms with Crippen molar-refractivity contribution in [3.63, 3.8) is 0 Å². The van der Waals surface area contributed by atoms with Crippen molar-refractivity contribution in [2.24, 2.45) is 0 Å². The van der Waals surface area contributed by atoms with Crippen LogP contribution in [0.3, 0.4) is 0 Å². The molecule has 0 spiro atoms. The fourth-order valence-corrected chi connectivity index (χ4v) is 5.00. The van der Waals surface area contributed by atoms with Crippen LogP contribution in [0.4, 0.5) is 0 Å². The maximum atomic E-state index is 13.4. The molecule has 1 aromatic carbocycles. The third-order valence-electron chi connectivity index (χ3n) is 5.64. The lowest BCUT2D eigenvalue weighted by Gasteiger charge is -2.40. The van der Waals surface area contributed by atoms with Gasteiger partial charge in [0.15, 0.2) is 0 Å². The molecule has 0 aliphatic carbocycles. The van der Waals surface area contributed by atoms with Crippen molar-refractivity contribution in [3.8, 4) is 5.75 Å². The minimum atomic E-state index is -0.0814. The Labute approximate surface area is 186 Å². The molecule has 4 rings (SSSR count). The Balaban J connectivity index is 1.52. The van der Waals surface area contributed by atoms with E-state index in [2.05, 4.69) is 11.1 Å². The first-order valence-electron chi connectivity index (χ1n) is 10.3. The number of benzene rings is 1. The third-order valence-corrected chi connectivity index (χ3v) is 6.59. The number of fused-ring (bicyclic) bond motifs is 1. The molecule has 0 radical (unpaired) electrons. The van der Waals surface area contributed by atoms with E-state index in [9.17, 15) is 9.59 Å². The highest BCUT2D eigenvalue weighted by Crippen LogP contribution is 2.28. The molecule has 6 nitrogen and oxygen atoms in total. The lowest BCUT2D eigenvalue weighted by atomic mass is 10.1. The molecule has 1 aliphatic rings. The van der Waals surface area contributed by atoms with Crippen LogP contribution >= 0.6 is 11.3 Å². The number of methoxy groups -OCH3 is 1. The van der Waals surface area contributed by atoms with Crippen LogP contribution < -0.4 is 4.74 Å². The van der Waals surface area contributed by atoms with Gasteiger partial charge < -0.3 is 19.1 Å². The Hall–Kier alpha value is -3.06. The monoisotopic (exact) mass is 437 g/mol. The third kappa shape index (κ3) is 4.10. The molecular formula is C24H27N3O3S. The van der Waals surface area contributed by atoms with E-state index in [4.69, 9.17) is 4.74 Å². The first-order valence-corrected chi connectivity index (χ1v) is 11.2. The van der Waals surface area contributed by atoms with Crippen LogP contribution in [0.5, 0.6) is 5.75 Å². The minimum absolute atomic E-state index is 0.00461. The van der Waals surface area contributed by atoms with Crippen molar-refractivity contribution in [1.82, 2.24) is 14.4 Å². The topological polar surface area (TPSA) is 54.8 Å². The van der Waals surface area contributed by atoms with Gasteiger partial charge in [-0.15, -0.1) is 11.3 Å². The van der Waals surface area contributed by atoms with Crippen molar-refractivity contribution < 1.29 is 14.3 Å². The number of carbonyl (C=O) groups excluding carboxylic acids is 2. The van der Waals surface area contributed by atoms with E-state index >= 15 is 0 Å². The number of hydrogen-bond donors (Lipinski definition) is 0. The highest BCUT2D eigenvalue weighted by Gasteiger charge is 2.32. The summed E-state index contributed by atoms with van der Waals surface area (Å²) in [6, 6.07) is 11.1. The average molecular weight is 438 g/mol. The molecule has 3 heterocycles. The van der Waals surface area contributed by atoms with Crippen LogP contribution in [0.1, 0.15) is 34.7 Å². The van der Waals surface area contributed by atoms with E-state index in [1.165, 1.54) is 0 Å². The molecule has 31 heavy (non-hydrogen) atoms. The summed E-state index contributed by atoms with van der Waals surface area (Å²) in [6.07, 6.45) is 0. The van der Waals surface area contributed by atoms with E-state index < -0.39 is 0 Å². The van der Waals surface area contributed by atoms with E-state index in [0.717, 1.165) is 15.8 Å². The van der Waals surface area contributed by atoms with Gasteiger partial charge in [-0.3, -0.25) is 9.59 Å². The van der Waals surface area contributed by atoms with Gasteiger partial charge in [-0.25, -0.2) is 0 Å². The molecule has 1 atom stereocenters. The molecule has 7 heteroatoms. The molecule has 3 aromatic rings. The number of rotatable bonds is 5. The number of hydrogen-bond acceptors (Lipinski definition) is 4. The number of amides is 2. The summed E-state index contributed by atoms with van der Waals surface area (Å²) in [5.74, 6) is 0.625. The van der Waals surface area contributed by atoms with Crippen LogP contribution in [0, 0.1) is 0 Å². The van der Waals surface area contributed by atoms with Crippen molar-refractivity contribution in [2.75, 3.05) is 26.7 Å². The average Bonchev–Trinajstić information content (AvgIpc) is 3.35. The molecule has 0 saturated carbocycles. The molecular weight excluding hydrogens is 410 g/mol. The Morgan fingerprint density at radius 1 is 1.19 bits per heavy atom. The van der Waals surface area contributed by atoms with Crippen LogP contribution in [0.2, 0.25) is 0 Å². The number of aromatic nitrogens is 1. The van der Waals surface area contributed by atoms with Crippen LogP contribution in [-0.2, 0) is 6.54 Å². The Morgan fingerprint density at radius 2 is 2.00 bits per heavy atom. The molecule has 1 unspecified atom stereocenters. The minimum Gasteiger partial charge on any atom is -0.497 e. The van der Waals surface area contributed by atoms with Gasteiger partial charge in [0.2, 0.25) is 0 Å². The Bertz CT molecular complexity index is 1150. The summed E-state index contributed by atoms with van der Waals surface area (Å²) in [6.45, 7) is 10.1. The van der Waals surface area contributed by atoms with Gasteiger partial charge in [-0.2, -0.15) is 0 Å². The number of thiophene rings is 1. The lowest BCUT2D eigenvalue weighted by molar-refractivity contribution is 0.0409. The maximum Gasteiger partial charge on any atom is 0.270 e. The quantitative estimate of drug-likeness (QED) is 0.560. The summed E-state index contributed by atoms with van der Waals surface area (Å²) in [5, 5.41) is 3.12. The molecule has 1 aliphatic heterocycles. The molecule has 2 aromatic heterocycles. The van der Waals surface area contributed by atoms with Gasteiger partial charge in [0.1, 0.15) is 16.3 Å². The number of piperazine rings is 1. The summed E-state index contributed by atoms with van der Waals surface area (Å²) < 4.78 is 7.30. The fraction of sp³-hybridized carbons (Fsp3) is 0.333. The zero-order valence-electron chi connectivity index (χ0n) is 18.1. The van der Waals surface area contributed by atoms with Gasteiger partial charge in [-0.05, 0) is 49.6 Å². The molecule has 2 amide bonds. The lowest BCUT2D eigenvalue weighted by Crippen LogP contribution is -2.55. The molecule has 162 valence electrons. The second kappa shape index (κ2) is 8.59. The molecule has 0 bridgehead atoms. The Morgan fingerprint density at radius 3 is 2.71 bits per heavy atom. The van der Waals surface area contributed by atoms with Gasteiger partial charge >= 0.3 is 0 Å². The smallest absolute Gasteiger partial charge is 0.270 e. The van der Waals surface area contributed by atoms with Crippen molar-refractivity contribution in [3.05, 3.63) is 65.2 Å². The standard InChI is InChI=1S/C24H27N3O3S/c1-16(2)14-27-21(13-19-8-11-31-24(19)27)23(29)25-9-10-26(17(3)15-25)22(28)18-6-5-7-20(12-18)30-4/h5-8,11-13,17H,1,9-10,14-15H2,2-4H3. The van der Waals surface area contributed by atoms with E-state index in [0.29, 0.717) is 43.2 Å². The van der Waals surface area contributed by atoms with Gasteiger partial charge in [0, 0.05) is 43.2 Å². The first-order chi connectivity index (χ1) is 14.9. The number of allylic oxidation sites excluding steroid dienone is 1. The van der Waals surface area contributed by atoms with Crippen molar-refractivity contribution in [1.29, 1.82) is 0 Å². The molecule has 1 fully saturated rings. The normalized spacial score (nSPS) is 16.5. The summed E-state index contributed by atoms with van der Waals surface area (Å²) in [7, 11) is 1.59. The van der Waals surface area contributed by atoms with Crippen molar-refractivity contribution >= 4 is 33.4 Å². The van der Waals surface area contributed by atoms with Gasteiger partial charge in [0.25, 0.3) is 11.8 Å². The number of carbonyl (C=O) groups is 2. The van der Waals surface area contributed by atoms with Gasteiger partial charge in [0.05, 0.1) is 7.11 Å². The van der Waals surface area contributed by atoms with E-state index in [1.807, 2.05) is 53.3 Å². The second-order valence-corrected chi connectivity index (χ2v) is 8.98. The van der Waals surface area contributed by atoms with Gasteiger partial charge in [-0.1, -0.05) is 18.2 Å². The highest BCUT2D eigenvalue weighted by molar-refractivity contribution is 7.16. The zero-order chi connectivity index (χ0) is 22.1. The highest BCUT2D eigenvalue weighted by atomic mass is 32.1.